The van der Waals surface area contributed by atoms with Crippen LogP contribution in [0.4, 0.5) is 13.2 Å². The van der Waals surface area contributed by atoms with E-state index in [1.165, 1.54) is 5.56 Å². The Hall–Kier alpha value is -1.56. The number of halogens is 3. The smallest absolute Gasteiger partial charge is 0.329 e. The number of nitrogens with zero attached hydrogens (tertiary/aromatic N) is 1. The molecule has 0 aromatic heterocycles. The first-order valence-electron chi connectivity index (χ1n) is 8.00. The number of carbonyl (C=O) groups excluding carboxylic acids is 1. The number of piperidine rings is 1. The number of benzene rings is 1. The second-order valence-electron chi connectivity index (χ2n) is 6.11. The zero-order valence-electron chi connectivity index (χ0n) is 13.3. The van der Waals surface area contributed by atoms with Crippen molar-refractivity contribution in [1.29, 1.82) is 0 Å². The molecule has 1 aliphatic heterocycles. The van der Waals surface area contributed by atoms with Gasteiger partial charge in [-0.05, 0) is 36.8 Å². The molecule has 1 amide bonds. The number of rotatable bonds is 4. The molecule has 2 N–H and O–H groups in total. The molecule has 0 bridgehead atoms. The van der Waals surface area contributed by atoms with Gasteiger partial charge in [0.15, 0.2) is 0 Å². The van der Waals surface area contributed by atoms with Crippen molar-refractivity contribution in [1.82, 2.24) is 4.90 Å². The normalized spacial score (nSPS) is 22.2. The molecule has 2 atom stereocenters. The number of amides is 1. The quantitative estimate of drug-likeness (QED) is 0.923. The van der Waals surface area contributed by atoms with E-state index in [-0.39, 0.29) is 25.4 Å². The average molecular weight is 328 g/mol. The summed E-state index contributed by atoms with van der Waals surface area (Å²) in [6.45, 7) is 2.03. The van der Waals surface area contributed by atoms with Crippen molar-refractivity contribution in [3.05, 3.63) is 35.4 Å². The Bertz CT molecular complexity index is 528. The van der Waals surface area contributed by atoms with E-state index in [0.29, 0.717) is 12.8 Å². The molecule has 3 nitrogen and oxygen atoms in total. The highest BCUT2D eigenvalue weighted by Gasteiger charge is 2.47. The average Bonchev–Trinajstić information content (AvgIpc) is 2.51. The minimum Gasteiger partial charge on any atom is -0.329 e. The summed E-state index contributed by atoms with van der Waals surface area (Å²) in [5.74, 6) is -0.470. The first-order valence-corrected chi connectivity index (χ1v) is 8.00. The summed E-state index contributed by atoms with van der Waals surface area (Å²) in [5.41, 5.74) is 7.90. The van der Waals surface area contributed by atoms with Gasteiger partial charge in [0, 0.05) is 19.0 Å². The Morgan fingerprint density at radius 2 is 1.83 bits per heavy atom. The summed E-state index contributed by atoms with van der Waals surface area (Å²) >= 11 is 0. The summed E-state index contributed by atoms with van der Waals surface area (Å²) in [6, 6.07) is 5.74. The van der Waals surface area contributed by atoms with E-state index in [0.717, 1.165) is 16.9 Å². The lowest BCUT2D eigenvalue weighted by atomic mass is 9.97. The number of carbonyl (C=O) groups is 1. The molecule has 1 heterocycles. The van der Waals surface area contributed by atoms with Crippen molar-refractivity contribution < 1.29 is 18.0 Å². The fourth-order valence-electron chi connectivity index (χ4n) is 2.95. The van der Waals surface area contributed by atoms with Crippen molar-refractivity contribution in [2.45, 2.75) is 57.3 Å². The molecule has 0 radical (unpaired) electrons. The first kappa shape index (κ1) is 17.8. The maximum Gasteiger partial charge on any atom is 0.408 e. The SMILES string of the molecule is CCc1ccc(CCC(=O)N2C[C@@H](N)CC[C@H]2C(F)(F)F)cc1. The number of nitrogens with two attached hydrogens (primary N) is 1. The van der Waals surface area contributed by atoms with Gasteiger partial charge in [-0.1, -0.05) is 31.2 Å². The van der Waals surface area contributed by atoms with Gasteiger partial charge >= 0.3 is 6.18 Å². The van der Waals surface area contributed by atoms with Gasteiger partial charge in [0.25, 0.3) is 0 Å². The largest absolute Gasteiger partial charge is 0.408 e. The fraction of sp³-hybridized carbons (Fsp3) is 0.588. The van der Waals surface area contributed by atoms with Crippen LogP contribution in [0.1, 0.15) is 37.3 Å². The maximum atomic E-state index is 13.1. The van der Waals surface area contributed by atoms with Crippen LogP contribution in [-0.4, -0.2) is 35.6 Å². The minimum atomic E-state index is -4.39. The van der Waals surface area contributed by atoms with Crippen molar-refractivity contribution in [3.8, 4) is 0 Å². The van der Waals surface area contributed by atoms with Crippen molar-refractivity contribution in [2.75, 3.05) is 6.54 Å². The fourth-order valence-corrected chi connectivity index (χ4v) is 2.95. The van der Waals surface area contributed by atoms with Crippen LogP contribution in [0, 0.1) is 0 Å². The molecule has 0 aliphatic carbocycles. The Kier molecular flexibility index (Phi) is 5.68. The van der Waals surface area contributed by atoms with Crippen LogP contribution in [0.5, 0.6) is 0 Å². The highest BCUT2D eigenvalue weighted by molar-refractivity contribution is 5.77. The van der Waals surface area contributed by atoms with Gasteiger partial charge < -0.3 is 10.6 Å². The van der Waals surface area contributed by atoms with Crippen molar-refractivity contribution >= 4 is 5.91 Å². The Morgan fingerprint density at radius 1 is 1.22 bits per heavy atom. The van der Waals surface area contributed by atoms with Crippen LogP contribution in [-0.2, 0) is 17.6 Å². The van der Waals surface area contributed by atoms with Gasteiger partial charge in [-0.25, -0.2) is 0 Å². The predicted molar refractivity (Wildman–Crippen MR) is 82.9 cm³/mol. The molecular formula is C17H23F3N2O. The summed E-state index contributed by atoms with van der Waals surface area (Å²) in [4.78, 5) is 13.2. The van der Waals surface area contributed by atoms with Gasteiger partial charge in [-0.3, -0.25) is 4.79 Å². The second-order valence-corrected chi connectivity index (χ2v) is 6.11. The van der Waals surface area contributed by atoms with Crippen molar-refractivity contribution in [3.63, 3.8) is 0 Å². The lowest BCUT2D eigenvalue weighted by Gasteiger charge is -2.39. The van der Waals surface area contributed by atoms with Crippen LogP contribution >= 0.6 is 0 Å². The molecule has 2 rings (SSSR count). The maximum absolute atomic E-state index is 13.1. The monoisotopic (exact) mass is 328 g/mol. The number of aryl methyl sites for hydroxylation is 2. The minimum absolute atomic E-state index is 0.0161. The lowest BCUT2D eigenvalue weighted by Crippen LogP contribution is -2.56. The van der Waals surface area contributed by atoms with Crippen LogP contribution in [0.15, 0.2) is 24.3 Å². The zero-order valence-corrected chi connectivity index (χ0v) is 13.3. The van der Waals surface area contributed by atoms with Gasteiger partial charge in [0.05, 0.1) is 0 Å². The van der Waals surface area contributed by atoms with Crippen molar-refractivity contribution in [2.24, 2.45) is 5.73 Å². The molecule has 0 spiro atoms. The van der Waals surface area contributed by atoms with Gasteiger partial charge in [-0.2, -0.15) is 13.2 Å². The van der Waals surface area contributed by atoms with E-state index in [2.05, 4.69) is 6.92 Å². The Balaban J connectivity index is 1.99. The third-order valence-electron chi connectivity index (χ3n) is 4.38. The molecule has 1 aliphatic rings. The summed E-state index contributed by atoms with van der Waals surface area (Å²) in [6.07, 6.45) is -2.76. The summed E-state index contributed by atoms with van der Waals surface area (Å²) in [5, 5.41) is 0. The topological polar surface area (TPSA) is 46.3 Å². The Labute approximate surface area is 134 Å². The number of alkyl halides is 3. The van der Waals surface area contributed by atoms with Gasteiger partial charge in [0.1, 0.15) is 6.04 Å². The van der Waals surface area contributed by atoms with Crippen LogP contribution in [0.3, 0.4) is 0 Å². The second kappa shape index (κ2) is 7.34. The molecule has 6 heteroatoms. The molecule has 23 heavy (non-hydrogen) atoms. The van der Waals surface area contributed by atoms with Crippen LogP contribution < -0.4 is 5.73 Å². The molecule has 1 saturated heterocycles. The molecule has 1 aromatic rings. The van der Waals surface area contributed by atoms with E-state index in [4.69, 9.17) is 5.73 Å². The lowest BCUT2D eigenvalue weighted by molar-refractivity contribution is -0.196. The van der Waals surface area contributed by atoms with Crippen LogP contribution in [0.25, 0.3) is 0 Å². The predicted octanol–water partition coefficient (Wildman–Crippen LogP) is 3.06. The van der Waals surface area contributed by atoms with Crippen LogP contribution in [0.2, 0.25) is 0 Å². The third-order valence-corrected chi connectivity index (χ3v) is 4.38. The first-order chi connectivity index (χ1) is 10.8. The molecule has 1 aromatic carbocycles. The molecule has 0 unspecified atom stereocenters. The number of hydrogen-bond acceptors (Lipinski definition) is 2. The van der Waals surface area contributed by atoms with E-state index in [1.807, 2.05) is 24.3 Å². The number of hydrogen-bond donors (Lipinski definition) is 1. The highest BCUT2D eigenvalue weighted by Crippen LogP contribution is 2.32. The molecule has 128 valence electrons. The third kappa shape index (κ3) is 4.70. The van der Waals surface area contributed by atoms with E-state index >= 15 is 0 Å². The molecule has 0 saturated carbocycles. The van der Waals surface area contributed by atoms with E-state index in [1.54, 1.807) is 0 Å². The van der Waals surface area contributed by atoms with Gasteiger partial charge in [-0.15, -0.1) is 0 Å². The Morgan fingerprint density at radius 3 is 2.39 bits per heavy atom. The summed E-state index contributed by atoms with van der Waals surface area (Å²) in [7, 11) is 0. The highest BCUT2D eigenvalue weighted by atomic mass is 19.4. The van der Waals surface area contributed by atoms with E-state index < -0.39 is 18.1 Å². The standard InChI is InChI=1S/C17H23F3N2O/c1-2-12-3-5-13(6-4-12)7-10-16(23)22-11-14(21)8-9-15(22)17(18,19)20/h3-6,14-15H,2,7-11,21H2,1H3/t14-,15-/m0/s1. The zero-order chi connectivity index (χ0) is 17.0. The molecule has 1 fully saturated rings. The van der Waals surface area contributed by atoms with E-state index in [9.17, 15) is 18.0 Å². The summed E-state index contributed by atoms with van der Waals surface area (Å²) < 4.78 is 39.3. The molecular weight excluding hydrogens is 305 g/mol. The number of likely N-dealkylation sites (tertiary alicyclic amines) is 1. The van der Waals surface area contributed by atoms with Gasteiger partial charge in [0.2, 0.25) is 5.91 Å².